The van der Waals surface area contributed by atoms with Crippen LogP contribution in [0.1, 0.15) is 35.1 Å². The van der Waals surface area contributed by atoms with Crippen LogP contribution in [0, 0.1) is 0 Å². The summed E-state index contributed by atoms with van der Waals surface area (Å²) in [6.07, 6.45) is 0. The number of hydrogen-bond acceptors (Lipinski definition) is 6. The van der Waals surface area contributed by atoms with E-state index in [1.807, 2.05) is 0 Å². The summed E-state index contributed by atoms with van der Waals surface area (Å²) < 4.78 is 27.0. The van der Waals surface area contributed by atoms with Crippen molar-refractivity contribution in [3.05, 3.63) is 40.8 Å². The number of phenols is 1. The zero-order valence-electron chi connectivity index (χ0n) is 13.3. The standard InChI is InChI=1S/C15H16N2O6S2/c1-8(16-9(2)18)12-6-7-13(24-12)25(22,23)17-11-5-3-4-10(14(11)19)15(20)21/h3-8,17,19H,1-2H3,(H,16,18)(H,20,21). The first-order valence-corrected chi connectivity index (χ1v) is 9.36. The van der Waals surface area contributed by atoms with Crippen LogP contribution in [0.25, 0.3) is 0 Å². The maximum Gasteiger partial charge on any atom is 0.339 e. The average Bonchev–Trinajstić information content (AvgIpc) is 2.99. The molecule has 1 unspecified atom stereocenters. The van der Waals surface area contributed by atoms with Gasteiger partial charge in [-0.2, -0.15) is 0 Å². The zero-order chi connectivity index (χ0) is 18.8. The second-order valence-electron chi connectivity index (χ2n) is 5.19. The van der Waals surface area contributed by atoms with Crippen LogP contribution in [0.15, 0.2) is 34.5 Å². The van der Waals surface area contributed by atoms with Gasteiger partial charge in [0, 0.05) is 11.8 Å². The quantitative estimate of drug-likeness (QED) is 0.564. The van der Waals surface area contributed by atoms with Gasteiger partial charge in [-0.1, -0.05) is 6.07 Å². The monoisotopic (exact) mass is 384 g/mol. The summed E-state index contributed by atoms with van der Waals surface area (Å²) in [7, 11) is -4.02. The average molecular weight is 384 g/mol. The van der Waals surface area contributed by atoms with Gasteiger partial charge in [-0.25, -0.2) is 13.2 Å². The van der Waals surface area contributed by atoms with Gasteiger partial charge in [-0.05, 0) is 31.2 Å². The van der Waals surface area contributed by atoms with Crippen LogP contribution < -0.4 is 10.0 Å². The third-order valence-corrected chi connectivity index (χ3v) is 6.35. The van der Waals surface area contributed by atoms with E-state index in [0.717, 1.165) is 17.4 Å². The number of thiophene rings is 1. The van der Waals surface area contributed by atoms with Gasteiger partial charge in [0.25, 0.3) is 10.0 Å². The number of aromatic hydroxyl groups is 1. The summed E-state index contributed by atoms with van der Waals surface area (Å²) in [4.78, 5) is 22.7. The molecule has 0 fully saturated rings. The summed E-state index contributed by atoms with van der Waals surface area (Å²) >= 11 is 0.962. The van der Waals surface area contributed by atoms with Gasteiger partial charge in [0.2, 0.25) is 5.91 Å². The molecule has 0 aliphatic carbocycles. The Labute approximate surface area is 148 Å². The first-order chi connectivity index (χ1) is 11.6. The molecule has 134 valence electrons. The van der Waals surface area contributed by atoms with E-state index in [0.29, 0.717) is 4.88 Å². The highest BCUT2D eigenvalue weighted by atomic mass is 32.2. The number of carboxylic acid groups (broad SMARTS) is 1. The molecule has 0 aliphatic heterocycles. The fourth-order valence-corrected chi connectivity index (χ4v) is 4.48. The Hall–Kier alpha value is -2.59. The Morgan fingerprint density at radius 2 is 1.88 bits per heavy atom. The minimum absolute atomic E-state index is 0.0279. The van der Waals surface area contributed by atoms with E-state index in [9.17, 15) is 23.1 Å². The first-order valence-electron chi connectivity index (χ1n) is 7.06. The van der Waals surface area contributed by atoms with Gasteiger partial charge in [0.15, 0.2) is 5.75 Å². The number of carbonyl (C=O) groups is 2. The third kappa shape index (κ3) is 4.28. The minimum Gasteiger partial charge on any atom is -0.505 e. The Morgan fingerprint density at radius 3 is 2.48 bits per heavy atom. The molecule has 1 aromatic heterocycles. The van der Waals surface area contributed by atoms with Gasteiger partial charge in [0.05, 0.1) is 11.7 Å². The van der Waals surface area contributed by atoms with Crippen molar-refractivity contribution in [3.8, 4) is 5.75 Å². The van der Waals surface area contributed by atoms with Gasteiger partial charge >= 0.3 is 5.97 Å². The number of amides is 1. The summed E-state index contributed by atoms with van der Waals surface area (Å²) in [6.45, 7) is 3.08. The summed E-state index contributed by atoms with van der Waals surface area (Å²) in [5.41, 5.74) is -0.642. The Bertz CT molecular complexity index is 920. The van der Waals surface area contributed by atoms with Crippen LogP contribution in [0.4, 0.5) is 5.69 Å². The van der Waals surface area contributed by atoms with Crippen molar-refractivity contribution in [2.45, 2.75) is 24.1 Å². The van der Waals surface area contributed by atoms with E-state index >= 15 is 0 Å². The van der Waals surface area contributed by atoms with Crippen molar-refractivity contribution in [3.63, 3.8) is 0 Å². The van der Waals surface area contributed by atoms with Crippen LogP contribution >= 0.6 is 11.3 Å². The largest absolute Gasteiger partial charge is 0.505 e. The summed E-state index contributed by atoms with van der Waals surface area (Å²) in [5.74, 6) is -2.28. The second kappa shape index (κ2) is 7.11. The highest BCUT2D eigenvalue weighted by Gasteiger charge is 2.22. The van der Waals surface area contributed by atoms with Crippen molar-refractivity contribution in [2.75, 3.05) is 4.72 Å². The van der Waals surface area contributed by atoms with Crippen molar-refractivity contribution >= 4 is 38.9 Å². The highest BCUT2D eigenvalue weighted by molar-refractivity contribution is 7.94. The van der Waals surface area contributed by atoms with E-state index in [-0.39, 0.29) is 21.8 Å². The van der Waals surface area contributed by atoms with Crippen LogP contribution in [0.2, 0.25) is 0 Å². The van der Waals surface area contributed by atoms with E-state index in [4.69, 9.17) is 5.11 Å². The topological polar surface area (TPSA) is 133 Å². The Balaban J connectivity index is 2.29. The molecule has 8 nitrogen and oxygen atoms in total. The number of nitrogens with one attached hydrogen (secondary N) is 2. The molecule has 1 atom stereocenters. The van der Waals surface area contributed by atoms with E-state index in [2.05, 4.69) is 10.0 Å². The second-order valence-corrected chi connectivity index (χ2v) is 8.22. The number of carbonyl (C=O) groups excluding carboxylic acids is 1. The number of para-hydroxylation sites is 1. The SMILES string of the molecule is CC(=O)NC(C)c1ccc(S(=O)(=O)Nc2cccc(C(=O)O)c2O)s1. The lowest BCUT2D eigenvalue weighted by Gasteiger charge is -2.11. The molecule has 0 spiro atoms. The van der Waals surface area contributed by atoms with E-state index in [1.54, 1.807) is 13.0 Å². The number of anilines is 1. The molecule has 25 heavy (non-hydrogen) atoms. The number of hydrogen-bond donors (Lipinski definition) is 4. The molecule has 0 saturated heterocycles. The molecule has 1 heterocycles. The molecule has 2 aromatic rings. The molecule has 2 rings (SSSR count). The molecule has 10 heteroatoms. The van der Waals surface area contributed by atoms with Gasteiger partial charge in [0.1, 0.15) is 9.77 Å². The molecule has 1 aromatic carbocycles. The third-order valence-electron chi connectivity index (χ3n) is 3.22. The predicted octanol–water partition coefficient (Wildman–Crippen LogP) is 2.15. The van der Waals surface area contributed by atoms with Crippen molar-refractivity contribution in [1.82, 2.24) is 5.32 Å². The van der Waals surface area contributed by atoms with Gasteiger partial charge in [-0.3, -0.25) is 9.52 Å². The number of benzene rings is 1. The summed E-state index contributed by atoms with van der Waals surface area (Å²) in [6, 6.07) is 6.34. The van der Waals surface area contributed by atoms with Crippen LogP contribution in [0.3, 0.4) is 0 Å². The minimum atomic E-state index is -4.02. The fraction of sp³-hybridized carbons (Fsp3) is 0.200. The van der Waals surface area contributed by atoms with E-state index < -0.39 is 27.3 Å². The first kappa shape index (κ1) is 18.7. The molecular weight excluding hydrogens is 368 g/mol. The number of sulfonamides is 1. The molecule has 1 amide bonds. The number of carboxylic acids is 1. The highest BCUT2D eigenvalue weighted by Crippen LogP contribution is 2.32. The van der Waals surface area contributed by atoms with E-state index in [1.165, 1.54) is 25.1 Å². The van der Waals surface area contributed by atoms with Crippen LogP contribution in [-0.4, -0.2) is 30.5 Å². The van der Waals surface area contributed by atoms with Gasteiger partial charge in [-0.15, -0.1) is 11.3 Å². The van der Waals surface area contributed by atoms with Crippen molar-refractivity contribution < 1.29 is 28.2 Å². The number of aromatic carboxylic acids is 1. The molecular formula is C15H16N2O6S2. The number of rotatable bonds is 6. The summed E-state index contributed by atoms with van der Waals surface area (Å²) in [5, 5.41) is 21.5. The molecule has 0 bridgehead atoms. The van der Waals surface area contributed by atoms with Gasteiger partial charge < -0.3 is 15.5 Å². The van der Waals surface area contributed by atoms with Crippen molar-refractivity contribution in [2.24, 2.45) is 0 Å². The predicted molar refractivity (Wildman–Crippen MR) is 92.4 cm³/mol. The lowest BCUT2D eigenvalue weighted by atomic mass is 10.2. The maximum atomic E-state index is 12.4. The Morgan fingerprint density at radius 1 is 1.20 bits per heavy atom. The van der Waals surface area contributed by atoms with Crippen LogP contribution in [0.5, 0.6) is 5.75 Å². The zero-order valence-corrected chi connectivity index (χ0v) is 14.9. The smallest absolute Gasteiger partial charge is 0.339 e. The van der Waals surface area contributed by atoms with Crippen molar-refractivity contribution in [1.29, 1.82) is 0 Å². The molecule has 0 radical (unpaired) electrons. The Kier molecular flexibility index (Phi) is 5.33. The fourth-order valence-electron chi connectivity index (χ4n) is 2.08. The molecule has 4 N–H and O–H groups in total. The normalized spacial score (nSPS) is 12.4. The molecule has 0 saturated carbocycles. The lowest BCUT2D eigenvalue weighted by Crippen LogP contribution is -2.22. The lowest BCUT2D eigenvalue weighted by molar-refractivity contribution is -0.119. The molecule has 0 aliphatic rings. The maximum absolute atomic E-state index is 12.4. The van der Waals surface area contributed by atoms with Crippen LogP contribution in [-0.2, 0) is 14.8 Å².